The van der Waals surface area contributed by atoms with Crippen LogP contribution in [-0.4, -0.2) is 77.3 Å². The van der Waals surface area contributed by atoms with E-state index < -0.39 is 5.60 Å². The lowest BCUT2D eigenvalue weighted by Crippen LogP contribution is -2.39. The summed E-state index contributed by atoms with van der Waals surface area (Å²) in [6.45, 7) is 9.62. The summed E-state index contributed by atoms with van der Waals surface area (Å²) in [5.74, 6) is 0.471. The second-order valence-electron chi connectivity index (χ2n) is 12.2. The summed E-state index contributed by atoms with van der Waals surface area (Å²) < 4.78 is 19.9. The van der Waals surface area contributed by atoms with Crippen molar-refractivity contribution in [1.82, 2.24) is 19.6 Å². The second kappa shape index (κ2) is 11.8. The second-order valence-corrected chi connectivity index (χ2v) is 12.2. The average molecular weight is 505 g/mol. The third-order valence-corrected chi connectivity index (χ3v) is 7.97. The van der Waals surface area contributed by atoms with Gasteiger partial charge in [-0.25, -0.2) is 9.48 Å². The smallest absolute Gasteiger partial charge is 0.410 e. The van der Waals surface area contributed by atoms with Gasteiger partial charge in [0.1, 0.15) is 11.8 Å². The van der Waals surface area contributed by atoms with Crippen LogP contribution in [0.15, 0.2) is 6.20 Å². The van der Waals surface area contributed by atoms with Gasteiger partial charge in [-0.2, -0.15) is 5.10 Å². The molecular formula is C28H48N4O4. The lowest BCUT2D eigenvalue weighted by atomic mass is 9.74. The highest BCUT2D eigenvalue weighted by atomic mass is 16.6. The molecule has 3 aliphatic rings. The van der Waals surface area contributed by atoms with Gasteiger partial charge in [-0.1, -0.05) is 0 Å². The van der Waals surface area contributed by atoms with Crippen LogP contribution in [0.25, 0.3) is 0 Å². The van der Waals surface area contributed by atoms with E-state index >= 15 is 0 Å². The highest BCUT2D eigenvalue weighted by Gasteiger charge is 2.39. The van der Waals surface area contributed by atoms with E-state index in [4.69, 9.17) is 19.3 Å². The standard InChI is InChI=1S/C28H48N4O4/c1-27(2,3)36-26(33)31(5)17-16-30(4)20-23-21-32(24-10-6-8-18-34-24)29-25(23)22-11-14-28(15-12-22)13-7-9-19-35-28/h21-22,24H,6-20H2,1-5H3. The van der Waals surface area contributed by atoms with Crippen LogP contribution in [0, 0.1) is 0 Å². The fourth-order valence-electron chi connectivity index (χ4n) is 5.83. The van der Waals surface area contributed by atoms with Crippen LogP contribution < -0.4 is 0 Å². The predicted molar refractivity (Wildman–Crippen MR) is 140 cm³/mol. The molecule has 8 nitrogen and oxygen atoms in total. The predicted octanol–water partition coefficient (Wildman–Crippen LogP) is 5.48. The maximum atomic E-state index is 12.3. The Kier molecular flexibility index (Phi) is 9.00. The Labute approximate surface area is 217 Å². The molecule has 36 heavy (non-hydrogen) atoms. The minimum absolute atomic E-state index is 0.0477. The number of carbonyl (C=O) groups excluding carboxylic acids is 1. The Morgan fingerprint density at radius 1 is 1.08 bits per heavy atom. The van der Waals surface area contributed by atoms with Crippen LogP contribution in [0.1, 0.15) is 108 Å². The van der Waals surface area contributed by atoms with Gasteiger partial charge in [-0.05, 0) is 92.0 Å². The normalized spacial score (nSPS) is 27.4. The van der Waals surface area contributed by atoms with Crippen molar-refractivity contribution in [2.45, 2.75) is 115 Å². The zero-order chi connectivity index (χ0) is 25.8. The van der Waals surface area contributed by atoms with Crippen LogP contribution >= 0.6 is 0 Å². The van der Waals surface area contributed by atoms with Crippen LogP contribution in [0.3, 0.4) is 0 Å². The molecule has 204 valence electrons. The van der Waals surface area contributed by atoms with Crippen LogP contribution in [0.5, 0.6) is 0 Å². The van der Waals surface area contributed by atoms with Gasteiger partial charge in [-0.15, -0.1) is 0 Å². The van der Waals surface area contributed by atoms with Crippen molar-refractivity contribution < 1.29 is 19.0 Å². The first-order chi connectivity index (χ1) is 17.1. The van der Waals surface area contributed by atoms with Crippen molar-refractivity contribution in [3.8, 4) is 0 Å². The van der Waals surface area contributed by atoms with Crippen molar-refractivity contribution in [3.63, 3.8) is 0 Å². The Morgan fingerprint density at radius 2 is 1.83 bits per heavy atom. The van der Waals surface area contributed by atoms with Gasteiger partial charge in [0.05, 0.1) is 11.3 Å². The van der Waals surface area contributed by atoms with Gasteiger partial charge >= 0.3 is 6.09 Å². The summed E-state index contributed by atoms with van der Waals surface area (Å²) in [4.78, 5) is 16.3. The minimum Gasteiger partial charge on any atom is -0.444 e. The van der Waals surface area contributed by atoms with Crippen molar-refractivity contribution in [1.29, 1.82) is 0 Å². The molecule has 0 N–H and O–H groups in total. The van der Waals surface area contributed by atoms with E-state index in [0.717, 1.165) is 64.8 Å². The summed E-state index contributed by atoms with van der Waals surface area (Å²) in [7, 11) is 3.92. The molecule has 1 unspecified atom stereocenters. The van der Waals surface area contributed by atoms with Crippen molar-refractivity contribution in [3.05, 3.63) is 17.5 Å². The van der Waals surface area contributed by atoms with Crippen LogP contribution in [0.2, 0.25) is 0 Å². The number of hydrogen-bond donors (Lipinski definition) is 0. The highest BCUT2D eigenvalue weighted by Crippen LogP contribution is 2.44. The van der Waals surface area contributed by atoms with Gasteiger partial charge < -0.3 is 24.0 Å². The largest absolute Gasteiger partial charge is 0.444 e. The van der Waals surface area contributed by atoms with Gasteiger partial charge in [0.25, 0.3) is 0 Å². The molecule has 1 aliphatic carbocycles. The molecule has 4 rings (SSSR count). The third-order valence-electron chi connectivity index (χ3n) is 7.97. The number of nitrogens with zero attached hydrogens (tertiary/aromatic N) is 4. The first-order valence-electron chi connectivity index (χ1n) is 14.1. The molecule has 2 aliphatic heterocycles. The van der Waals surface area contributed by atoms with Crippen LogP contribution in [0.4, 0.5) is 4.79 Å². The average Bonchev–Trinajstić information content (AvgIpc) is 3.26. The molecule has 1 atom stereocenters. The SMILES string of the molecule is CN(CCN(C)C(=O)OC(C)(C)C)Cc1cn(C2CCCCO2)nc1C1CCC2(CCCCO2)CC1. The zero-order valence-electron chi connectivity index (χ0n) is 23.3. The van der Waals surface area contributed by atoms with Gasteiger partial charge in [-0.3, -0.25) is 0 Å². The first-order valence-corrected chi connectivity index (χ1v) is 14.1. The number of carbonyl (C=O) groups is 1. The summed E-state index contributed by atoms with van der Waals surface area (Å²) >= 11 is 0. The summed E-state index contributed by atoms with van der Waals surface area (Å²) in [5, 5.41) is 5.15. The highest BCUT2D eigenvalue weighted by molar-refractivity contribution is 5.67. The fourth-order valence-corrected chi connectivity index (χ4v) is 5.83. The van der Waals surface area contributed by atoms with Gasteiger partial charge in [0.2, 0.25) is 0 Å². The van der Waals surface area contributed by atoms with E-state index in [0.29, 0.717) is 12.5 Å². The van der Waals surface area contributed by atoms with E-state index in [2.05, 4.69) is 22.8 Å². The fraction of sp³-hybridized carbons (Fsp3) is 0.857. The Morgan fingerprint density at radius 3 is 2.47 bits per heavy atom. The molecule has 0 bridgehead atoms. The van der Waals surface area contributed by atoms with Crippen molar-refractivity contribution in [2.75, 3.05) is 40.4 Å². The van der Waals surface area contributed by atoms with Gasteiger partial charge in [0, 0.05) is 57.6 Å². The van der Waals surface area contributed by atoms with E-state index in [1.807, 2.05) is 20.8 Å². The molecule has 0 radical (unpaired) electrons. The Bertz CT molecular complexity index is 842. The molecule has 1 amide bonds. The molecule has 2 saturated heterocycles. The molecule has 1 aromatic heterocycles. The Balaban J connectivity index is 1.40. The zero-order valence-corrected chi connectivity index (χ0v) is 23.3. The van der Waals surface area contributed by atoms with Crippen molar-refractivity contribution >= 4 is 6.09 Å². The molecule has 3 heterocycles. The monoisotopic (exact) mass is 504 g/mol. The quantitative estimate of drug-likeness (QED) is 0.490. The number of hydrogen-bond acceptors (Lipinski definition) is 6. The molecule has 1 aromatic rings. The van der Waals surface area contributed by atoms with E-state index in [1.165, 1.54) is 36.9 Å². The van der Waals surface area contributed by atoms with Gasteiger partial charge in [0.15, 0.2) is 0 Å². The first kappa shape index (κ1) is 27.4. The maximum Gasteiger partial charge on any atom is 0.410 e. The van der Waals surface area contributed by atoms with E-state index in [-0.39, 0.29) is 17.9 Å². The number of amides is 1. The van der Waals surface area contributed by atoms with Crippen molar-refractivity contribution in [2.24, 2.45) is 0 Å². The van der Waals surface area contributed by atoms with E-state index in [1.54, 1.807) is 11.9 Å². The molecular weight excluding hydrogens is 456 g/mol. The van der Waals surface area contributed by atoms with Crippen LogP contribution in [-0.2, 0) is 20.8 Å². The summed E-state index contributed by atoms with van der Waals surface area (Å²) in [5.41, 5.74) is 2.16. The lowest BCUT2D eigenvalue weighted by Gasteiger charge is -2.42. The summed E-state index contributed by atoms with van der Waals surface area (Å²) in [6, 6.07) is 0. The number of rotatable bonds is 7. The molecule has 1 spiro atoms. The molecule has 3 fully saturated rings. The van der Waals surface area contributed by atoms with E-state index in [9.17, 15) is 4.79 Å². The number of ether oxygens (including phenoxy) is 3. The summed E-state index contributed by atoms with van der Waals surface area (Å²) in [6.07, 6.45) is 13.6. The Hall–Kier alpha value is -1.64. The minimum atomic E-state index is -0.483. The maximum absolute atomic E-state index is 12.3. The lowest BCUT2D eigenvalue weighted by molar-refractivity contribution is -0.102. The number of aromatic nitrogens is 2. The molecule has 8 heteroatoms. The molecule has 1 saturated carbocycles. The third kappa shape index (κ3) is 7.23. The molecule has 0 aromatic carbocycles. The number of likely N-dealkylation sites (N-methyl/N-ethyl adjacent to an activating group) is 2. The topological polar surface area (TPSA) is 69.1 Å².